The van der Waals surface area contributed by atoms with Gasteiger partial charge in [-0.2, -0.15) is 15.0 Å². The number of ether oxygens (including phenoxy) is 1. The van der Waals surface area contributed by atoms with Crippen molar-refractivity contribution in [2.45, 2.75) is 6.10 Å². The number of carbonyl (C=O) groups is 1. The second kappa shape index (κ2) is 5.42. The fraction of sp³-hybridized carbons (Fsp3) is 0.429. The van der Waals surface area contributed by atoms with Crippen molar-refractivity contribution in [1.29, 1.82) is 0 Å². The predicted octanol–water partition coefficient (Wildman–Crippen LogP) is -1.21. The highest BCUT2D eigenvalue weighted by molar-refractivity contribution is 6.28. The Morgan fingerprint density at radius 1 is 1.62 bits per heavy atom. The largest absolute Gasteiger partial charge is 0.467 e. The van der Waals surface area contributed by atoms with Crippen LogP contribution in [-0.4, -0.2) is 45.7 Å². The van der Waals surface area contributed by atoms with Gasteiger partial charge >= 0.3 is 6.01 Å². The van der Waals surface area contributed by atoms with E-state index in [1.165, 1.54) is 7.11 Å². The van der Waals surface area contributed by atoms with Crippen LogP contribution in [-0.2, 0) is 4.79 Å². The summed E-state index contributed by atoms with van der Waals surface area (Å²) in [6.07, 6.45) is -1.33. The minimum Gasteiger partial charge on any atom is -0.467 e. The minimum absolute atomic E-state index is 0.0241. The third kappa shape index (κ3) is 3.48. The Morgan fingerprint density at radius 2 is 2.31 bits per heavy atom. The van der Waals surface area contributed by atoms with Gasteiger partial charge in [-0.05, 0) is 11.6 Å². The molecule has 0 bridgehead atoms. The summed E-state index contributed by atoms with van der Waals surface area (Å²) >= 11 is 5.57. The Labute approximate surface area is 95.8 Å². The molecule has 1 atom stereocenters. The van der Waals surface area contributed by atoms with E-state index in [1.54, 1.807) is 0 Å². The first kappa shape index (κ1) is 12.4. The number of anilines is 1. The Morgan fingerprint density at radius 3 is 2.88 bits per heavy atom. The molecule has 4 N–H and O–H groups in total. The Balaban J connectivity index is 2.66. The van der Waals surface area contributed by atoms with Crippen molar-refractivity contribution < 1.29 is 14.6 Å². The zero-order valence-corrected chi connectivity index (χ0v) is 9.10. The Bertz CT molecular complexity index is 388. The SMILES string of the molecule is COc1nc(Cl)nc(NCC(O)C(N)=O)n1. The number of rotatable bonds is 5. The lowest BCUT2D eigenvalue weighted by Crippen LogP contribution is -2.34. The highest BCUT2D eigenvalue weighted by Crippen LogP contribution is 2.10. The maximum atomic E-state index is 10.5. The molecule has 1 amide bonds. The fourth-order valence-corrected chi connectivity index (χ4v) is 0.943. The van der Waals surface area contributed by atoms with E-state index in [-0.39, 0.29) is 23.8 Å². The molecule has 0 saturated heterocycles. The number of halogens is 1. The molecule has 88 valence electrons. The van der Waals surface area contributed by atoms with Gasteiger partial charge in [0.1, 0.15) is 6.10 Å². The third-order valence-corrected chi connectivity index (χ3v) is 1.72. The number of carbonyl (C=O) groups excluding carboxylic acids is 1. The quantitative estimate of drug-likeness (QED) is 0.596. The molecule has 1 unspecified atom stereocenters. The van der Waals surface area contributed by atoms with Gasteiger partial charge in [0.05, 0.1) is 13.7 Å². The molecule has 0 saturated carbocycles. The van der Waals surface area contributed by atoms with Crippen LogP contribution < -0.4 is 15.8 Å². The molecule has 9 heteroatoms. The number of nitrogens with zero attached hydrogens (tertiary/aromatic N) is 3. The summed E-state index contributed by atoms with van der Waals surface area (Å²) in [7, 11) is 1.37. The molecule has 0 fully saturated rings. The van der Waals surface area contributed by atoms with E-state index < -0.39 is 12.0 Å². The van der Waals surface area contributed by atoms with Gasteiger partial charge < -0.3 is 20.9 Å². The first-order valence-electron chi connectivity index (χ1n) is 4.19. The zero-order chi connectivity index (χ0) is 12.1. The van der Waals surface area contributed by atoms with Gasteiger partial charge in [-0.25, -0.2) is 0 Å². The van der Waals surface area contributed by atoms with Crippen LogP contribution in [0, 0.1) is 0 Å². The number of aliphatic hydroxyl groups excluding tert-OH is 1. The van der Waals surface area contributed by atoms with Crippen molar-refractivity contribution in [2.75, 3.05) is 19.0 Å². The molecule has 0 aliphatic heterocycles. The van der Waals surface area contributed by atoms with E-state index in [2.05, 4.69) is 20.3 Å². The summed E-state index contributed by atoms with van der Waals surface area (Å²) in [6.45, 7) is -0.126. The second-order valence-corrected chi connectivity index (χ2v) is 3.05. The van der Waals surface area contributed by atoms with Gasteiger partial charge in [0.2, 0.25) is 17.1 Å². The summed E-state index contributed by atoms with van der Waals surface area (Å²) in [4.78, 5) is 21.7. The number of methoxy groups -OCH3 is 1. The molecule has 16 heavy (non-hydrogen) atoms. The highest BCUT2D eigenvalue weighted by atomic mass is 35.5. The summed E-state index contributed by atoms with van der Waals surface area (Å²) in [5.41, 5.74) is 4.85. The lowest BCUT2D eigenvalue weighted by atomic mass is 10.3. The van der Waals surface area contributed by atoms with Crippen molar-refractivity contribution in [3.8, 4) is 6.01 Å². The van der Waals surface area contributed by atoms with Crippen LogP contribution >= 0.6 is 11.6 Å². The molecule has 8 nitrogen and oxygen atoms in total. The van der Waals surface area contributed by atoms with Gasteiger partial charge in [0.25, 0.3) is 0 Å². The maximum absolute atomic E-state index is 10.5. The Hall–Kier alpha value is -1.67. The molecule has 0 aliphatic rings. The van der Waals surface area contributed by atoms with E-state index >= 15 is 0 Å². The first-order chi connectivity index (χ1) is 7.52. The number of amides is 1. The van der Waals surface area contributed by atoms with Crippen LogP contribution in [0.4, 0.5) is 5.95 Å². The lowest BCUT2D eigenvalue weighted by molar-refractivity contribution is -0.125. The number of primary amides is 1. The van der Waals surface area contributed by atoms with Crippen LogP contribution in [0.5, 0.6) is 6.01 Å². The number of hydrogen-bond acceptors (Lipinski definition) is 7. The lowest BCUT2D eigenvalue weighted by Gasteiger charge is -2.08. The topological polar surface area (TPSA) is 123 Å². The van der Waals surface area contributed by atoms with Crippen molar-refractivity contribution in [3.05, 3.63) is 5.28 Å². The summed E-state index contributed by atoms with van der Waals surface area (Å²) in [5.74, 6) is -0.767. The number of aromatic nitrogens is 3. The number of aliphatic hydroxyl groups is 1. The molecular weight excluding hydrogens is 238 g/mol. The summed E-state index contributed by atoms with van der Waals surface area (Å²) in [6, 6.07) is 0.0241. The molecule has 1 heterocycles. The molecule has 0 aromatic carbocycles. The van der Waals surface area contributed by atoms with Gasteiger partial charge in [-0.1, -0.05) is 0 Å². The van der Waals surface area contributed by atoms with Crippen LogP contribution in [0.3, 0.4) is 0 Å². The van der Waals surface area contributed by atoms with E-state index in [9.17, 15) is 4.79 Å². The monoisotopic (exact) mass is 247 g/mol. The third-order valence-electron chi connectivity index (χ3n) is 1.55. The molecule has 1 rings (SSSR count). The van der Waals surface area contributed by atoms with Crippen molar-refractivity contribution in [1.82, 2.24) is 15.0 Å². The van der Waals surface area contributed by atoms with E-state index in [4.69, 9.17) is 27.2 Å². The Kier molecular flexibility index (Phi) is 4.20. The molecular formula is C7H10ClN5O3. The van der Waals surface area contributed by atoms with Gasteiger partial charge in [0.15, 0.2) is 0 Å². The van der Waals surface area contributed by atoms with Crippen molar-refractivity contribution >= 4 is 23.5 Å². The number of nitrogens with two attached hydrogens (primary N) is 1. The van der Waals surface area contributed by atoms with Crippen LogP contribution in [0.25, 0.3) is 0 Å². The number of hydrogen-bond donors (Lipinski definition) is 3. The summed E-state index contributed by atoms with van der Waals surface area (Å²) < 4.78 is 4.75. The molecule has 0 spiro atoms. The number of nitrogens with one attached hydrogen (secondary N) is 1. The first-order valence-corrected chi connectivity index (χ1v) is 4.57. The van der Waals surface area contributed by atoms with E-state index in [0.717, 1.165) is 0 Å². The standard InChI is InChI=1S/C7H10ClN5O3/c1-16-7-12-5(8)11-6(13-7)10-2-3(14)4(9)15/h3,14H,2H2,1H3,(H2,9,15)(H,10,11,12,13). The van der Waals surface area contributed by atoms with E-state index in [1.807, 2.05) is 0 Å². The fourth-order valence-electron chi connectivity index (χ4n) is 0.791. The molecule has 1 aromatic rings. The smallest absolute Gasteiger partial charge is 0.322 e. The average molecular weight is 248 g/mol. The molecule has 0 radical (unpaired) electrons. The van der Waals surface area contributed by atoms with Crippen LogP contribution in [0.2, 0.25) is 5.28 Å². The van der Waals surface area contributed by atoms with E-state index in [0.29, 0.717) is 0 Å². The van der Waals surface area contributed by atoms with Gasteiger partial charge in [-0.15, -0.1) is 0 Å². The van der Waals surface area contributed by atoms with Crippen LogP contribution in [0.15, 0.2) is 0 Å². The van der Waals surface area contributed by atoms with Crippen molar-refractivity contribution in [3.63, 3.8) is 0 Å². The van der Waals surface area contributed by atoms with Gasteiger partial charge in [-0.3, -0.25) is 4.79 Å². The highest BCUT2D eigenvalue weighted by Gasteiger charge is 2.12. The zero-order valence-electron chi connectivity index (χ0n) is 8.35. The van der Waals surface area contributed by atoms with Crippen LogP contribution in [0.1, 0.15) is 0 Å². The molecule has 0 aliphatic carbocycles. The minimum atomic E-state index is -1.33. The molecule has 1 aromatic heterocycles. The van der Waals surface area contributed by atoms with Gasteiger partial charge in [0, 0.05) is 0 Å². The second-order valence-electron chi connectivity index (χ2n) is 2.71. The average Bonchev–Trinajstić information content (AvgIpc) is 2.24. The predicted molar refractivity (Wildman–Crippen MR) is 55.1 cm³/mol. The normalized spacial score (nSPS) is 11.9. The summed E-state index contributed by atoms with van der Waals surface area (Å²) in [5, 5.41) is 11.6. The van der Waals surface area contributed by atoms with Crippen molar-refractivity contribution in [2.24, 2.45) is 5.73 Å². The maximum Gasteiger partial charge on any atom is 0.322 e.